The summed E-state index contributed by atoms with van der Waals surface area (Å²) in [6.45, 7) is 3.13. The van der Waals surface area contributed by atoms with Crippen molar-refractivity contribution in [2.24, 2.45) is 5.84 Å². The first kappa shape index (κ1) is 11.7. The molecule has 0 spiro atoms. The summed E-state index contributed by atoms with van der Waals surface area (Å²) in [5, 5.41) is 0. The quantitative estimate of drug-likeness (QED) is 0.602. The number of rotatable bonds is 5. The number of anilines is 2. The molecule has 2 aromatic heterocycles. The Labute approximate surface area is 100 Å². The Morgan fingerprint density at radius 3 is 3.06 bits per heavy atom. The van der Waals surface area contributed by atoms with E-state index in [1.165, 1.54) is 0 Å². The molecule has 2 heterocycles. The van der Waals surface area contributed by atoms with Crippen LogP contribution in [0.4, 0.5) is 11.6 Å². The first-order valence-corrected chi connectivity index (χ1v) is 5.77. The maximum atomic E-state index is 5.41. The largest absolute Gasteiger partial charge is 0.357 e. The number of hydrogen-bond acceptors (Lipinski definition) is 5. The minimum atomic E-state index is 0.633. The number of nitrogens with two attached hydrogens (primary N) is 1. The molecule has 0 bridgehead atoms. The van der Waals surface area contributed by atoms with E-state index in [0.29, 0.717) is 5.82 Å². The second-order valence-electron chi connectivity index (χ2n) is 4.03. The van der Waals surface area contributed by atoms with E-state index < -0.39 is 0 Å². The number of unbranched alkanes of at least 4 members (excludes halogenated alkanes) is 1. The number of imidazole rings is 1. The molecule has 0 atom stereocenters. The summed E-state index contributed by atoms with van der Waals surface area (Å²) in [4.78, 5) is 10.9. The van der Waals surface area contributed by atoms with E-state index in [0.717, 1.165) is 30.9 Å². The molecule has 2 rings (SSSR count). The van der Waals surface area contributed by atoms with Crippen LogP contribution in [-0.2, 0) is 0 Å². The monoisotopic (exact) mass is 234 g/mol. The summed E-state index contributed by atoms with van der Waals surface area (Å²) in [7, 11) is 2.02. The molecule has 0 amide bonds. The molecular formula is C11H18N6. The van der Waals surface area contributed by atoms with Crippen LogP contribution < -0.4 is 16.2 Å². The zero-order chi connectivity index (χ0) is 12.3. The van der Waals surface area contributed by atoms with Gasteiger partial charge in [-0.3, -0.25) is 0 Å². The van der Waals surface area contributed by atoms with Gasteiger partial charge in [0.2, 0.25) is 0 Å². The van der Waals surface area contributed by atoms with Crippen LogP contribution in [0.25, 0.3) is 5.65 Å². The molecule has 0 aliphatic rings. The van der Waals surface area contributed by atoms with Gasteiger partial charge in [0.15, 0.2) is 17.3 Å². The summed E-state index contributed by atoms with van der Waals surface area (Å²) < 4.78 is 1.92. The van der Waals surface area contributed by atoms with Gasteiger partial charge in [-0.1, -0.05) is 13.3 Å². The summed E-state index contributed by atoms with van der Waals surface area (Å²) in [5.74, 6) is 6.89. The third kappa shape index (κ3) is 2.31. The van der Waals surface area contributed by atoms with Crippen LogP contribution in [0.3, 0.4) is 0 Å². The number of fused-ring (bicyclic) bond motifs is 1. The zero-order valence-corrected chi connectivity index (χ0v) is 10.2. The molecular weight excluding hydrogens is 216 g/mol. The molecule has 3 N–H and O–H groups in total. The third-order valence-electron chi connectivity index (χ3n) is 2.71. The predicted octanol–water partition coefficient (Wildman–Crippen LogP) is 1.25. The van der Waals surface area contributed by atoms with Gasteiger partial charge in [0.05, 0.1) is 6.20 Å². The van der Waals surface area contributed by atoms with E-state index >= 15 is 0 Å². The highest BCUT2D eigenvalue weighted by Crippen LogP contribution is 2.19. The maximum absolute atomic E-state index is 5.41. The highest BCUT2D eigenvalue weighted by Gasteiger charge is 2.10. The molecule has 0 fully saturated rings. The normalized spacial score (nSPS) is 10.8. The lowest BCUT2D eigenvalue weighted by molar-refractivity contribution is 0.759. The number of nitrogens with one attached hydrogen (secondary N) is 1. The Morgan fingerprint density at radius 2 is 2.35 bits per heavy atom. The molecule has 0 aliphatic carbocycles. The van der Waals surface area contributed by atoms with Crippen molar-refractivity contribution in [1.29, 1.82) is 0 Å². The van der Waals surface area contributed by atoms with Crippen molar-refractivity contribution in [2.75, 3.05) is 23.9 Å². The van der Waals surface area contributed by atoms with Gasteiger partial charge in [-0.2, -0.15) is 0 Å². The standard InChI is InChI=1S/C11H18N6/c1-3-4-6-16(2)11-10-13-5-7-17(10)8-9(14-11)15-12/h5,7-8,15H,3-4,6,12H2,1-2H3. The van der Waals surface area contributed by atoms with Gasteiger partial charge in [0, 0.05) is 26.0 Å². The Balaban J connectivity index is 2.39. The molecule has 0 radical (unpaired) electrons. The SMILES string of the molecule is CCCCN(C)c1nc(NN)cn2ccnc12. The fraction of sp³-hybridized carbons (Fsp3) is 0.455. The third-order valence-corrected chi connectivity index (χ3v) is 2.71. The smallest absolute Gasteiger partial charge is 0.180 e. The average molecular weight is 234 g/mol. The van der Waals surface area contributed by atoms with E-state index in [1.807, 2.05) is 23.8 Å². The molecule has 0 saturated carbocycles. The van der Waals surface area contributed by atoms with Gasteiger partial charge in [-0.15, -0.1) is 0 Å². The van der Waals surface area contributed by atoms with Gasteiger partial charge in [0.1, 0.15) is 0 Å². The molecule has 0 aromatic carbocycles. The lowest BCUT2D eigenvalue weighted by Crippen LogP contribution is -2.22. The summed E-state index contributed by atoms with van der Waals surface area (Å²) in [6.07, 6.45) is 7.75. The van der Waals surface area contributed by atoms with Crippen LogP contribution in [-0.4, -0.2) is 28.0 Å². The second kappa shape index (κ2) is 5.01. The fourth-order valence-corrected chi connectivity index (χ4v) is 1.74. The highest BCUT2D eigenvalue weighted by atomic mass is 15.3. The lowest BCUT2D eigenvalue weighted by Gasteiger charge is -2.19. The van der Waals surface area contributed by atoms with Crippen molar-refractivity contribution in [3.05, 3.63) is 18.6 Å². The Bertz CT molecular complexity index is 492. The zero-order valence-electron chi connectivity index (χ0n) is 10.2. The molecule has 0 aliphatic heterocycles. The Morgan fingerprint density at radius 1 is 1.53 bits per heavy atom. The first-order chi connectivity index (χ1) is 8.26. The van der Waals surface area contributed by atoms with Crippen molar-refractivity contribution in [2.45, 2.75) is 19.8 Å². The predicted molar refractivity (Wildman–Crippen MR) is 69.0 cm³/mol. The van der Waals surface area contributed by atoms with Crippen molar-refractivity contribution in [1.82, 2.24) is 14.4 Å². The van der Waals surface area contributed by atoms with Crippen LogP contribution in [0.15, 0.2) is 18.6 Å². The minimum Gasteiger partial charge on any atom is -0.357 e. The van der Waals surface area contributed by atoms with E-state index in [-0.39, 0.29) is 0 Å². The lowest BCUT2D eigenvalue weighted by atomic mass is 10.3. The van der Waals surface area contributed by atoms with E-state index in [2.05, 4.69) is 27.2 Å². The van der Waals surface area contributed by atoms with E-state index in [4.69, 9.17) is 5.84 Å². The Hall–Kier alpha value is -1.82. The maximum Gasteiger partial charge on any atom is 0.180 e. The van der Waals surface area contributed by atoms with Crippen LogP contribution in [0.1, 0.15) is 19.8 Å². The first-order valence-electron chi connectivity index (χ1n) is 5.77. The highest BCUT2D eigenvalue weighted by molar-refractivity contribution is 5.66. The van der Waals surface area contributed by atoms with Crippen molar-refractivity contribution in [3.63, 3.8) is 0 Å². The van der Waals surface area contributed by atoms with E-state index in [9.17, 15) is 0 Å². The second-order valence-corrected chi connectivity index (χ2v) is 4.03. The molecule has 0 unspecified atom stereocenters. The topological polar surface area (TPSA) is 71.5 Å². The molecule has 2 aromatic rings. The number of nitrogens with zero attached hydrogens (tertiary/aromatic N) is 4. The summed E-state index contributed by atoms with van der Waals surface area (Å²) in [5.41, 5.74) is 3.42. The average Bonchev–Trinajstić information content (AvgIpc) is 2.82. The van der Waals surface area contributed by atoms with Crippen LogP contribution in [0.5, 0.6) is 0 Å². The number of hydrogen-bond donors (Lipinski definition) is 2. The van der Waals surface area contributed by atoms with E-state index in [1.54, 1.807) is 6.20 Å². The van der Waals surface area contributed by atoms with Gasteiger partial charge < -0.3 is 14.7 Å². The number of hydrazine groups is 1. The molecule has 6 nitrogen and oxygen atoms in total. The van der Waals surface area contributed by atoms with Crippen LogP contribution in [0.2, 0.25) is 0 Å². The van der Waals surface area contributed by atoms with Crippen LogP contribution in [0, 0.1) is 0 Å². The van der Waals surface area contributed by atoms with Crippen LogP contribution >= 0.6 is 0 Å². The Kier molecular flexibility index (Phi) is 3.43. The van der Waals surface area contributed by atoms with Gasteiger partial charge >= 0.3 is 0 Å². The molecule has 92 valence electrons. The summed E-state index contributed by atoms with van der Waals surface area (Å²) >= 11 is 0. The van der Waals surface area contributed by atoms with Gasteiger partial charge in [0.25, 0.3) is 0 Å². The van der Waals surface area contributed by atoms with Gasteiger partial charge in [-0.05, 0) is 6.42 Å². The number of aromatic nitrogens is 3. The summed E-state index contributed by atoms with van der Waals surface area (Å²) in [6, 6.07) is 0. The van der Waals surface area contributed by atoms with Crippen molar-refractivity contribution >= 4 is 17.3 Å². The minimum absolute atomic E-state index is 0.633. The number of nitrogen functional groups attached to an aromatic ring is 1. The van der Waals surface area contributed by atoms with Gasteiger partial charge in [-0.25, -0.2) is 15.8 Å². The molecule has 17 heavy (non-hydrogen) atoms. The fourth-order valence-electron chi connectivity index (χ4n) is 1.74. The van der Waals surface area contributed by atoms with Crippen molar-refractivity contribution in [3.8, 4) is 0 Å². The van der Waals surface area contributed by atoms with Crippen molar-refractivity contribution < 1.29 is 0 Å². The molecule has 0 saturated heterocycles. The molecule has 6 heteroatoms.